The van der Waals surface area contributed by atoms with Crippen LogP contribution in [0.2, 0.25) is 0 Å². The van der Waals surface area contributed by atoms with Crippen LogP contribution in [0.25, 0.3) is 0 Å². The maximum absolute atomic E-state index is 11.4. The monoisotopic (exact) mass is 236 g/mol. The Labute approximate surface area is 95.3 Å². The minimum atomic E-state index is -0.411. The Morgan fingerprint density at radius 2 is 2.33 bits per heavy atom. The zero-order valence-corrected chi connectivity index (χ0v) is 9.59. The van der Waals surface area contributed by atoms with Crippen LogP contribution < -0.4 is 5.73 Å². The largest absolute Gasteiger partial charge is 0.464 e. The van der Waals surface area contributed by atoms with Gasteiger partial charge in [-0.3, -0.25) is 4.79 Å². The van der Waals surface area contributed by atoms with Crippen molar-refractivity contribution in [3.8, 4) is 0 Å². The number of hydrogen-bond donors (Lipinski definition) is 1. The van der Waals surface area contributed by atoms with E-state index in [-0.39, 0.29) is 24.3 Å². The molecule has 1 amide bonds. The van der Waals surface area contributed by atoms with Gasteiger partial charge >= 0.3 is 5.97 Å². The molecule has 0 unspecified atom stereocenters. The lowest BCUT2D eigenvalue weighted by Gasteiger charge is -2.22. The number of nitrogens with zero attached hydrogens (tertiary/aromatic N) is 1. The van der Waals surface area contributed by atoms with Gasteiger partial charge in [0.15, 0.2) is 0 Å². The van der Waals surface area contributed by atoms with Crippen LogP contribution in [0.4, 0.5) is 0 Å². The smallest absolute Gasteiger partial charge is 0.328 e. The molecular weight excluding hydrogens is 220 g/mol. The molecule has 5 nitrogen and oxygen atoms in total. The molecule has 6 heteroatoms. The fourth-order valence-corrected chi connectivity index (χ4v) is 1.64. The van der Waals surface area contributed by atoms with Crippen LogP contribution in [-0.2, 0) is 14.3 Å². The number of hydrogen-bond acceptors (Lipinski definition) is 4. The summed E-state index contributed by atoms with van der Waals surface area (Å²) in [6, 6.07) is -0.411. The van der Waals surface area contributed by atoms with Gasteiger partial charge in [-0.2, -0.15) is 0 Å². The quantitative estimate of drug-likeness (QED) is 0.693. The first-order valence-electron chi connectivity index (χ1n) is 4.86. The minimum absolute atomic E-state index is 0. The SMILES string of the molecule is CCOC(=O)[C@@H]1CCC(=O)N1CCN.Cl. The number of esters is 1. The molecule has 0 aromatic carbocycles. The third-order valence-electron chi connectivity index (χ3n) is 2.26. The Morgan fingerprint density at radius 1 is 1.67 bits per heavy atom. The fourth-order valence-electron chi connectivity index (χ4n) is 1.64. The number of ether oxygens (including phenoxy) is 1. The van der Waals surface area contributed by atoms with Crippen molar-refractivity contribution in [1.82, 2.24) is 4.90 Å². The van der Waals surface area contributed by atoms with Crippen molar-refractivity contribution in [2.45, 2.75) is 25.8 Å². The second-order valence-corrected chi connectivity index (χ2v) is 3.18. The number of carbonyl (C=O) groups is 2. The Morgan fingerprint density at radius 3 is 2.87 bits per heavy atom. The van der Waals surface area contributed by atoms with Crippen LogP contribution >= 0.6 is 12.4 Å². The van der Waals surface area contributed by atoms with E-state index in [1.807, 2.05) is 0 Å². The van der Waals surface area contributed by atoms with Gasteiger partial charge in [0, 0.05) is 19.5 Å². The second kappa shape index (κ2) is 6.63. The molecule has 1 saturated heterocycles. The molecule has 0 aliphatic carbocycles. The third kappa shape index (κ3) is 3.35. The van der Waals surface area contributed by atoms with Gasteiger partial charge in [0.1, 0.15) is 6.04 Å². The summed E-state index contributed by atoms with van der Waals surface area (Å²) in [5, 5.41) is 0. The lowest BCUT2D eigenvalue weighted by atomic mass is 10.2. The van der Waals surface area contributed by atoms with E-state index >= 15 is 0 Å². The molecule has 1 aliphatic heterocycles. The van der Waals surface area contributed by atoms with Crippen molar-refractivity contribution in [2.75, 3.05) is 19.7 Å². The van der Waals surface area contributed by atoms with Gasteiger partial charge in [-0.25, -0.2) is 4.79 Å². The molecule has 0 saturated carbocycles. The van der Waals surface area contributed by atoms with Crippen LogP contribution in [-0.4, -0.2) is 42.5 Å². The van der Waals surface area contributed by atoms with Crippen molar-refractivity contribution < 1.29 is 14.3 Å². The van der Waals surface area contributed by atoms with E-state index in [2.05, 4.69) is 0 Å². The van der Waals surface area contributed by atoms with E-state index in [1.54, 1.807) is 6.92 Å². The predicted octanol–water partition coefficient (Wildman–Crippen LogP) is -0.0790. The van der Waals surface area contributed by atoms with Crippen molar-refractivity contribution in [3.63, 3.8) is 0 Å². The molecule has 1 aliphatic rings. The van der Waals surface area contributed by atoms with Gasteiger partial charge in [0.25, 0.3) is 0 Å². The Kier molecular flexibility index (Phi) is 6.27. The topological polar surface area (TPSA) is 72.6 Å². The average molecular weight is 237 g/mol. The number of nitrogens with two attached hydrogens (primary N) is 1. The molecule has 1 rings (SSSR count). The van der Waals surface area contributed by atoms with Crippen LogP contribution in [0, 0.1) is 0 Å². The van der Waals surface area contributed by atoms with E-state index in [9.17, 15) is 9.59 Å². The number of rotatable bonds is 4. The Balaban J connectivity index is 0.00000196. The van der Waals surface area contributed by atoms with E-state index in [0.717, 1.165) is 0 Å². The normalized spacial score (nSPS) is 20.0. The first-order valence-corrected chi connectivity index (χ1v) is 4.86. The number of likely N-dealkylation sites (tertiary alicyclic amines) is 1. The second-order valence-electron chi connectivity index (χ2n) is 3.18. The molecule has 0 radical (unpaired) electrons. The predicted molar refractivity (Wildman–Crippen MR) is 57.7 cm³/mol. The first kappa shape index (κ1) is 14.2. The first-order chi connectivity index (χ1) is 6.70. The van der Waals surface area contributed by atoms with Crippen molar-refractivity contribution >= 4 is 24.3 Å². The van der Waals surface area contributed by atoms with Gasteiger partial charge in [-0.1, -0.05) is 0 Å². The molecule has 1 atom stereocenters. The highest BCUT2D eigenvalue weighted by atomic mass is 35.5. The van der Waals surface area contributed by atoms with Gasteiger partial charge in [-0.15, -0.1) is 12.4 Å². The zero-order valence-electron chi connectivity index (χ0n) is 8.77. The highest BCUT2D eigenvalue weighted by Gasteiger charge is 2.36. The Hall–Kier alpha value is -0.810. The molecule has 15 heavy (non-hydrogen) atoms. The van der Waals surface area contributed by atoms with Gasteiger partial charge in [-0.05, 0) is 13.3 Å². The van der Waals surface area contributed by atoms with Gasteiger partial charge in [0.05, 0.1) is 6.61 Å². The van der Waals surface area contributed by atoms with E-state index in [4.69, 9.17) is 10.5 Å². The highest BCUT2D eigenvalue weighted by Crippen LogP contribution is 2.19. The summed E-state index contributed by atoms with van der Waals surface area (Å²) in [5.41, 5.74) is 5.36. The van der Waals surface area contributed by atoms with Crippen LogP contribution in [0.3, 0.4) is 0 Å². The van der Waals surface area contributed by atoms with E-state index < -0.39 is 6.04 Å². The van der Waals surface area contributed by atoms with Crippen LogP contribution in [0.5, 0.6) is 0 Å². The lowest BCUT2D eigenvalue weighted by Crippen LogP contribution is -2.42. The summed E-state index contributed by atoms with van der Waals surface area (Å²) in [5.74, 6) is -0.319. The summed E-state index contributed by atoms with van der Waals surface area (Å²) in [6.45, 7) is 2.91. The molecule has 0 aromatic heterocycles. The molecule has 0 aromatic rings. The Bertz CT molecular complexity index is 235. The molecule has 0 spiro atoms. The number of amides is 1. The maximum Gasteiger partial charge on any atom is 0.328 e. The standard InChI is InChI=1S/C9H16N2O3.ClH/c1-2-14-9(13)7-3-4-8(12)11(7)6-5-10;/h7H,2-6,10H2,1H3;1H/t7-;/m0./s1. The third-order valence-corrected chi connectivity index (χ3v) is 2.26. The number of halogens is 1. The van der Waals surface area contributed by atoms with Crippen molar-refractivity contribution in [3.05, 3.63) is 0 Å². The minimum Gasteiger partial charge on any atom is -0.464 e. The van der Waals surface area contributed by atoms with Crippen LogP contribution in [0.1, 0.15) is 19.8 Å². The molecule has 1 fully saturated rings. The van der Waals surface area contributed by atoms with Crippen LogP contribution in [0.15, 0.2) is 0 Å². The lowest BCUT2D eigenvalue weighted by molar-refractivity contribution is -0.151. The fraction of sp³-hybridized carbons (Fsp3) is 0.778. The summed E-state index contributed by atoms with van der Waals surface area (Å²) in [4.78, 5) is 24.3. The highest BCUT2D eigenvalue weighted by molar-refractivity contribution is 5.88. The summed E-state index contributed by atoms with van der Waals surface area (Å²) < 4.78 is 4.88. The van der Waals surface area contributed by atoms with Gasteiger partial charge < -0.3 is 15.4 Å². The van der Waals surface area contributed by atoms with Gasteiger partial charge in [0.2, 0.25) is 5.91 Å². The number of carbonyl (C=O) groups excluding carboxylic acids is 2. The molecule has 0 bridgehead atoms. The maximum atomic E-state index is 11.4. The van der Waals surface area contributed by atoms with Crippen molar-refractivity contribution in [2.24, 2.45) is 5.73 Å². The molecule has 2 N–H and O–H groups in total. The summed E-state index contributed by atoms with van der Waals surface area (Å²) in [7, 11) is 0. The summed E-state index contributed by atoms with van der Waals surface area (Å²) >= 11 is 0. The zero-order chi connectivity index (χ0) is 10.6. The molecule has 88 valence electrons. The van der Waals surface area contributed by atoms with E-state index in [1.165, 1.54) is 4.90 Å². The molecule has 1 heterocycles. The average Bonchev–Trinajstić information content (AvgIpc) is 2.50. The molecular formula is C9H17ClN2O3. The van der Waals surface area contributed by atoms with Crippen molar-refractivity contribution in [1.29, 1.82) is 0 Å². The van der Waals surface area contributed by atoms with E-state index in [0.29, 0.717) is 32.5 Å². The summed E-state index contributed by atoms with van der Waals surface area (Å²) in [6.07, 6.45) is 0.973.